The summed E-state index contributed by atoms with van der Waals surface area (Å²) in [5.74, 6) is 2.08. The van der Waals surface area contributed by atoms with Gasteiger partial charge in [0.25, 0.3) is 0 Å². The second-order valence-electron chi connectivity index (χ2n) is 4.45. The van der Waals surface area contributed by atoms with Crippen molar-refractivity contribution in [3.63, 3.8) is 0 Å². The summed E-state index contributed by atoms with van der Waals surface area (Å²) in [7, 11) is 0. The van der Waals surface area contributed by atoms with Crippen LogP contribution in [0.25, 0.3) is 0 Å². The molecule has 0 aromatic carbocycles. The van der Waals surface area contributed by atoms with Crippen LogP contribution in [0.1, 0.15) is 32.1 Å². The van der Waals surface area contributed by atoms with E-state index < -0.39 is 0 Å². The Morgan fingerprint density at radius 1 is 1.33 bits per heavy atom. The van der Waals surface area contributed by atoms with Gasteiger partial charge in [0.15, 0.2) is 0 Å². The summed E-state index contributed by atoms with van der Waals surface area (Å²) in [4.78, 5) is 12.4. The average molecular weight is 292 g/mol. The summed E-state index contributed by atoms with van der Waals surface area (Å²) >= 11 is 5.49. The SMILES string of the molecule is O=C(NCC1CCCC1Br)C1CCCS1. The topological polar surface area (TPSA) is 29.1 Å². The van der Waals surface area contributed by atoms with E-state index in [2.05, 4.69) is 21.2 Å². The van der Waals surface area contributed by atoms with Crippen LogP contribution in [-0.2, 0) is 4.79 Å². The molecule has 1 aliphatic carbocycles. The van der Waals surface area contributed by atoms with Crippen LogP contribution in [0.2, 0.25) is 0 Å². The number of halogens is 1. The molecule has 0 radical (unpaired) electrons. The molecular formula is C11H18BrNOS. The van der Waals surface area contributed by atoms with Crippen molar-refractivity contribution in [1.82, 2.24) is 5.32 Å². The molecule has 0 bridgehead atoms. The van der Waals surface area contributed by atoms with Crippen molar-refractivity contribution in [2.75, 3.05) is 12.3 Å². The number of amides is 1. The van der Waals surface area contributed by atoms with Crippen LogP contribution in [0, 0.1) is 5.92 Å². The third kappa shape index (κ3) is 3.13. The highest BCUT2D eigenvalue weighted by Gasteiger charge is 2.27. The van der Waals surface area contributed by atoms with Crippen LogP contribution < -0.4 is 5.32 Å². The van der Waals surface area contributed by atoms with Crippen LogP contribution in [-0.4, -0.2) is 28.3 Å². The van der Waals surface area contributed by atoms with E-state index in [1.54, 1.807) is 0 Å². The van der Waals surface area contributed by atoms with Gasteiger partial charge in [-0.2, -0.15) is 0 Å². The molecule has 0 aromatic heterocycles. The number of hydrogen-bond donors (Lipinski definition) is 1. The average Bonchev–Trinajstić information content (AvgIpc) is 2.85. The lowest BCUT2D eigenvalue weighted by molar-refractivity contribution is -0.120. The Morgan fingerprint density at radius 3 is 2.80 bits per heavy atom. The van der Waals surface area contributed by atoms with Gasteiger partial charge >= 0.3 is 0 Å². The van der Waals surface area contributed by atoms with Crippen molar-refractivity contribution >= 4 is 33.6 Å². The Hall–Kier alpha value is 0.300. The zero-order chi connectivity index (χ0) is 10.7. The second kappa shape index (κ2) is 5.58. The van der Waals surface area contributed by atoms with Crippen LogP contribution in [0.15, 0.2) is 0 Å². The normalized spacial score (nSPS) is 35.7. The molecule has 1 saturated carbocycles. The summed E-state index contributed by atoms with van der Waals surface area (Å²) in [5.41, 5.74) is 0. The van der Waals surface area contributed by atoms with Crippen molar-refractivity contribution in [1.29, 1.82) is 0 Å². The molecule has 86 valence electrons. The maximum atomic E-state index is 11.8. The van der Waals surface area contributed by atoms with E-state index in [1.807, 2.05) is 11.8 Å². The maximum absolute atomic E-state index is 11.8. The first-order valence-electron chi connectivity index (χ1n) is 5.81. The molecule has 2 aliphatic rings. The van der Waals surface area contributed by atoms with Gasteiger partial charge in [-0.15, -0.1) is 11.8 Å². The van der Waals surface area contributed by atoms with Gasteiger partial charge in [-0.3, -0.25) is 4.79 Å². The van der Waals surface area contributed by atoms with E-state index in [1.165, 1.54) is 25.7 Å². The first-order chi connectivity index (χ1) is 7.27. The molecule has 2 nitrogen and oxygen atoms in total. The number of alkyl halides is 1. The molecule has 1 aliphatic heterocycles. The molecule has 0 aromatic rings. The highest BCUT2D eigenvalue weighted by atomic mass is 79.9. The predicted molar refractivity (Wildman–Crippen MR) is 68.5 cm³/mol. The molecule has 1 N–H and O–H groups in total. The van der Waals surface area contributed by atoms with Gasteiger partial charge in [0.05, 0.1) is 5.25 Å². The quantitative estimate of drug-likeness (QED) is 0.810. The van der Waals surface area contributed by atoms with Crippen LogP contribution in [0.5, 0.6) is 0 Å². The molecule has 1 saturated heterocycles. The molecule has 15 heavy (non-hydrogen) atoms. The molecule has 2 rings (SSSR count). The minimum Gasteiger partial charge on any atom is -0.355 e. The maximum Gasteiger partial charge on any atom is 0.233 e. The first-order valence-corrected chi connectivity index (χ1v) is 7.77. The molecular weight excluding hydrogens is 274 g/mol. The lowest BCUT2D eigenvalue weighted by Gasteiger charge is -2.16. The number of carbonyl (C=O) groups is 1. The Labute approximate surface area is 104 Å². The third-order valence-corrected chi connectivity index (χ3v) is 5.91. The first kappa shape index (κ1) is 11.8. The van der Waals surface area contributed by atoms with Crippen LogP contribution >= 0.6 is 27.7 Å². The zero-order valence-corrected chi connectivity index (χ0v) is 11.3. The Kier molecular flexibility index (Phi) is 4.38. The second-order valence-corrected chi connectivity index (χ2v) is 6.94. The number of nitrogens with one attached hydrogen (secondary N) is 1. The number of thioether (sulfide) groups is 1. The van der Waals surface area contributed by atoms with Gasteiger partial charge in [0.1, 0.15) is 0 Å². The molecule has 2 fully saturated rings. The number of carbonyl (C=O) groups excluding carboxylic acids is 1. The Bertz CT molecular complexity index is 231. The number of hydrogen-bond acceptors (Lipinski definition) is 2. The fourth-order valence-corrected chi connectivity index (χ4v) is 4.31. The summed E-state index contributed by atoms with van der Waals surface area (Å²) in [5, 5.41) is 3.34. The van der Waals surface area contributed by atoms with E-state index in [-0.39, 0.29) is 11.2 Å². The molecule has 4 heteroatoms. The van der Waals surface area contributed by atoms with Gasteiger partial charge in [0, 0.05) is 11.4 Å². The predicted octanol–water partition coefficient (Wildman–Crippen LogP) is 2.56. The lowest BCUT2D eigenvalue weighted by atomic mass is 10.1. The number of rotatable bonds is 3. The van der Waals surface area contributed by atoms with Crippen LogP contribution in [0.3, 0.4) is 0 Å². The van der Waals surface area contributed by atoms with Gasteiger partial charge in [-0.25, -0.2) is 0 Å². The van der Waals surface area contributed by atoms with Crippen molar-refractivity contribution in [3.8, 4) is 0 Å². The molecule has 3 atom stereocenters. The standard InChI is InChI=1S/C11H18BrNOS/c12-9-4-1-3-8(9)7-13-11(14)10-5-2-6-15-10/h8-10H,1-7H2,(H,13,14). The third-order valence-electron chi connectivity index (χ3n) is 3.33. The van der Waals surface area contributed by atoms with Gasteiger partial charge in [-0.05, 0) is 37.4 Å². The smallest absolute Gasteiger partial charge is 0.233 e. The molecule has 1 amide bonds. The van der Waals surface area contributed by atoms with E-state index in [4.69, 9.17) is 0 Å². The van der Waals surface area contributed by atoms with Gasteiger partial charge < -0.3 is 5.32 Å². The highest BCUT2D eigenvalue weighted by molar-refractivity contribution is 9.09. The fraction of sp³-hybridized carbons (Fsp3) is 0.909. The Morgan fingerprint density at radius 2 is 2.20 bits per heavy atom. The fourth-order valence-electron chi connectivity index (χ4n) is 2.35. The van der Waals surface area contributed by atoms with Gasteiger partial charge in [0.2, 0.25) is 5.91 Å². The van der Waals surface area contributed by atoms with E-state index in [9.17, 15) is 4.79 Å². The van der Waals surface area contributed by atoms with E-state index in [0.29, 0.717) is 10.7 Å². The highest BCUT2D eigenvalue weighted by Crippen LogP contribution is 2.31. The minimum absolute atomic E-state index is 0.236. The zero-order valence-electron chi connectivity index (χ0n) is 8.88. The van der Waals surface area contributed by atoms with Crippen molar-refractivity contribution in [2.45, 2.75) is 42.2 Å². The van der Waals surface area contributed by atoms with Crippen molar-refractivity contribution < 1.29 is 4.79 Å². The van der Waals surface area contributed by atoms with Crippen molar-refractivity contribution in [2.24, 2.45) is 5.92 Å². The van der Waals surface area contributed by atoms with E-state index in [0.717, 1.165) is 18.7 Å². The largest absolute Gasteiger partial charge is 0.355 e. The summed E-state index contributed by atoms with van der Waals surface area (Å²) < 4.78 is 0. The summed E-state index contributed by atoms with van der Waals surface area (Å²) in [6.45, 7) is 0.867. The Balaban J connectivity index is 1.70. The van der Waals surface area contributed by atoms with E-state index >= 15 is 0 Å². The summed E-state index contributed by atoms with van der Waals surface area (Å²) in [6, 6.07) is 0. The van der Waals surface area contributed by atoms with Crippen LogP contribution in [0.4, 0.5) is 0 Å². The monoisotopic (exact) mass is 291 g/mol. The van der Waals surface area contributed by atoms with Gasteiger partial charge in [-0.1, -0.05) is 22.4 Å². The molecule has 3 unspecified atom stereocenters. The minimum atomic E-state index is 0.236. The lowest BCUT2D eigenvalue weighted by Crippen LogP contribution is -2.36. The van der Waals surface area contributed by atoms with Crippen molar-refractivity contribution in [3.05, 3.63) is 0 Å². The summed E-state index contributed by atoms with van der Waals surface area (Å²) in [6.07, 6.45) is 6.09. The molecule has 0 spiro atoms. The molecule has 1 heterocycles.